The maximum Gasteiger partial charge on any atom is 0.326 e. The molecule has 6 N–H and O–H groups in total. The summed E-state index contributed by atoms with van der Waals surface area (Å²) in [6.07, 6.45) is 5.58. The first-order valence-corrected chi connectivity index (χ1v) is 10.9. The molecule has 2 amide bonds. The SMILES string of the molecule is CSCC[C@H](N)C(=O)N[C@@H](Cc1ccccc1)C(=O)N[C@@H](Cc1cnc[nH]1)C(=O)O. The molecule has 1 aromatic carbocycles. The van der Waals surface area contributed by atoms with Crippen LogP contribution in [0.25, 0.3) is 0 Å². The largest absolute Gasteiger partial charge is 0.480 e. The molecule has 1 heterocycles. The van der Waals surface area contributed by atoms with E-state index >= 15 is 0 Å². The number of H-pyrrole nitrogens is 1. The number of nitrogens with two attached hydrogens (primary N) is 1. The molecule has 3 atom stereocenters. The first-order chi connectivity index (χ1) is 14.4. The summed E-state index contributed by atoms with van der Waals surface area (Å²) in [5, 5.41) is 14.7. The second-order valence-corrected chi connectivity index (χ2v) is 7.80. The highest BCUT2D eigenvalue weighted by atomic mass is 32.2. The standard InChI is InChI=1S/C20H27N5O4S/c1-30-8-7-15(21)18(26)24-16(9-13-5-3-2-4-6-13)19(27)25-17(20(28)29)10-14-11-22-12-23-14/h2-6,11-12,15-17H,7-10,21H2,1H3,(H,22,23)(H,24,26)(H,25,27)(H,28,29)/t15-,16-,17-/m0/s1. The number of thioether (sulfide) groups is 1. The quantitative estimate of drug-likeness (QED) is 0.324. The van der Waals surface area contributed by atoms with Crippen LogP contribution in [0.5, 0.6) is 0 Å². The van der Waals surface area contributed by atoms with Gasteiger partial charge in [-0.05, 0) is 24.0 Å². The van der Waals surface area contributed by atoms with Gasteiger partial charge in [0.05, 0.1) is 12.4 Å². The van der Waals surface area contributed by atoms with Crippen molar-refractivity contribution in [1.29, 1.82) is 0 Å². The van der Waals surface area contributed by atoms with Crippen molar-refractivity contribution in [1.82, 2.24) is 20.6 Å². The summed E-state index contributed by atoms with van der Waals surface area (Å²) in [4.78, 5) is 43.7. The van der Waals surface area contributed by atoms with Crippen LogP contribution in [0, 0.1) is 0 Å². The van der Waals surface area contributed by atoms with E-state index in [0.29, 0.717) is 12.1 Å². The third kappa shape index (κ3) is 7.53. The van der Waals surface area contributed by atoms with E-state index in [0.717, 1.165) is 11.3 Å². The third-order valence-corrected chi connectivity index (χ3v) is 5.12. The number of carboxylic acids is 1. The van der Waals surface area contributed by atoms with Gasteiger partial charge in [-0.2, -0.15) is 11.8 Å². The Morgan fingerprint density at radius 2 is 1.83 bits per heavy atom. The van der Waals surface area contributed by atoms with E-state index in [-0.39, 0.29) is 12.8 Å². The van der Waals surface area contributed by atoms with Gasteiger partial charge < -0.3 is 26.5 Å². The number of aliphatic carboxylic acids is 1. The van der Waals surface area contributed by atoms with E-state index in [1.165, 1.54) is 12.5 Å². The average molecular weight is 434 g/mol. The molecule has 2 aromatic rings. The van der Waals surface area contributed by atoms with Crippen LogP contribution in [-0.2, 0) is 27.2 Å². The number of nitrogens with one attached hydrogen (secondary N) is 3. The zero-order chi connectivity index (χ0) is 21.9. The lowest BCUT2D eigenvalue weighted by Crippen LogP contribution is -2.55. The number of rotatable bonds is 12. The summed E-state index contributed by atoms with van der Waals surface area (Å²) in [7, 11) is 0. The Hall–Kier alpha value is -2.85. The predicted molar refractivity (Wildman–Crippen MR) is 115 cm³/mol. The Balaban J connectivity index is 2.11. The van der Waals surface area contributed by atoms with Crippen molar-refractivity contribution in [2.45, 2.75) is 37.4 Å². The molecule has 0 fully saturated rings. The number of aromatic amines is 1. The van der Waals surface area contributed by atoms with Gasteiger partial charge in [0.2, 0.25) is 11.8 Å². The number of aromatic nitrogens is 2. The Kier molecular flexibility index (Phi) is 9.36. The molecular weight excluding hydrogens is 406 g/mol. The average Bonchev–Trinajstić information content (AvgIpc) is 3.24. The number of nitrogens with zero attached hydrogens (tertiary/aromatic N) is 1. The highest BCUT2D eigenvalue weighted by molar-refractivity contribution is 7.98. The summed E-state index contributed by atoms with van der Waals surface area (Å²) in [5.74, 6) is -1.49. The molecule has 10 heteroatoms. The Labute approximate surface area is 179 Å². The number of carbonyl (C=O) groups is 3. The van der Waals surface area contributed by atoms with Crippen LogP contribution >= 0.6 is 11.8 Å². The lowest BCUT2D eigenvalue weighted by atomic mass is 10.0. The number of carboxylic acid groups (broad SMARTS) is 1. The van der Waals surface area contributed by atoms with Crippen LogP contribution in [0.2, 0.25) is 0 Å². The minimum Gasteiger partial charge on any atom is -0.480 e. The van der Waals surface area contributed by atoms with Crippen LogP contribution in [0.1, 0.15) is 17.7 Å². The normalized spacial score (nSPS) is 13.8. The second kappa shape index (κ2) is 12.0. The molecule has 0 radical (unpaired) electrons. The fraction of sp³-hybridized carbons (Fsp3) is 0.400. The van der Waals surface area contributed by atoms with Gasteiger partial charge in [-0.3, -0.25) is 9.59 Å². The zero-order valence-corrected chi connectivity index (χ0v) is 17.5. The molecule has 0 aliphatic rings. The van der Waals surface area contributed by atoms with E-state index in [2.05, 4.69) is 20.6 Å². The minimum atomic E-state index is -1.18. The smallest absolute Gasteiger partial charge is 0.326 e. The fourth-order valence-electron chi connectivity index (χ4n) is 2.80. The first kappa shape index (κ1) is 23.4. The van der Waals surface area contributed by atoms with E-state index in [1.54, 1.807) is 11.8 Å². The molecule has 0 saturated heterocycles. The Morgan fingerprint density at radius 3 is 2.43 bits per heavy atom. The van der Waals surface area contributed by atoms with Gasteiger partial charge in [0.15, 0.2) is 0 Å². The van der Waals surface area contributed by atoms with E-state index in [4.69, 9.17) is 5.73 Å². The third-order valence-electron chi connectivity index (χ3n) is 4.48. The number of carbonyl (C=O) groups excluding carboxylic acids is 2. The molecule has 0 spiro atoms. The second-order valence-electron chi connectivity index (χ2n) is 6.82. The number of amides is 2. The van der Waals surface area contributed by atoms with Crippen molar-refractivity contribution < 1.29 is 19.5 Å². The fourth-order valence-corrected chi connectivity index (χ4v) is 3.29. The summed E-state index contributed by atoms with van der Waals surface area (Å²) < 4.78 is 0. The highest BCUT2D eigenvalue weighted by Gasteiger charge is 2.28. The van der Waals surface area contributed by atoms with Gasteiger partial charge in [-0.15, -0.1) is 0 Å². The van der Waals surface area contributed by atoms with Gasteiger partial charge in [0, 0.05) is 24.7 Å². The molecule has 162 valence electrons. The van der Waals surface area contributed by atoms with Crippen molar-refractivity contribution in [2.24, 2.45) is 5.73 Å². The van der Waals surface area contributed by atoms with Crippen molar-refractivity contribution in [2.75, 3.05) is 12.0 Å². The first-order valence-electron chi connectivity index (χ1n) is 9.50. The van der Waals surface area contributed by atoms with Gasteiger partial charge in [-0.1, -0.05) is 30.3 Å². The molecule has 0 aliphatic heterocycles. The van der Waals surface area contributed by atoms with Crippen LogP contribution in [-0.4, -0.2) is 63.0 Å². The van der Waals surface area contributed by atoms with E-state index < -0.39 is 35.9 Å². The summed E-state index contributed by atoms with van der Waals surface area (Å²) in [5.41, 5.74) is 7.33. The number of imidazole rings is 1. The molecule has 0 saturated carbocycles. The Morgan fingerprint density at radius 1 is 1.13 bits per heavy atom. The van der Waals surface area contributed by atoms with Gasteiger partial charge in [0.1, 0.15) is 12.1 Å². The molecule has 0 unspecified atom stereocenters. The number of hydrogen-bond acceptors (Lipinski definition) is 6. The van der Waals surface area contributed by atoms with Crippen molar-refractivity contribution in [3.63, 3.8) is 0 Å². The maximum absolute atomic E-state index is 12.9. The summed E-state index contributed by atoms with van der Waals surface area (Å²) in [6.45, 7) is 0. The maximum atomic E-state index is 12.9. The molecule has 0 bridgehead atoms. The predicted octanol–water partition coefficient (Wildman–Crippen LogP) is 0.330. The lowest BCUT2D eigenvalue weighted by molar-refractivity contribution is -0.142. The number of hydrogen-bond donors (Lipinski definition) is 5. The zero-order valence-electron chi connectivity index (χ0n) is 16.7. The molecule has 1 aromatic heterocycles. The van der Waals surface area contributed by atoms with Crippen molar-refractivity contribution in [3.8, 4) is 0 Å². The molecule has 30 heavy (non-hydrogen) atoms. The minimum absolute atomic E-state index is 0.0420. The van der Waals surface area contributed by atoms with Crippen molar-refractivity contribution >= 4 is 29.5 Å². The Bertz CT molecular complexity index is 816. The van der Waals surface area contributed by atoms with Crippen LogP contribution < -0.4 is 16.4 Å². The van der Waals surface area contributed by atoms with Gasteiger partial charge in [-0.25, -0.2) is 9.78 Å². The van der Waals surface area contributed by atoms with Gasteiger partial charge in [0.25, 0.3) is 0 Å². The van der Waals surface area contributed by atoms with E-state index in [1.807, 2.05) is 36.6 Å². The topological polar surface area (TPSA) is 150 Å². The molecule has 2 rings (SSSR count). The summed E-state index contributed by atoms with van der Waals surface area (Å²) in [6, 6.07) is 6.30. The van der Waals surface area contributed by atoms with Crippen LogP contribution in [0.15, 0.2) is 42.9 Å². The van der Waals surface area contributed by atoms with E-state index in [9.17, 15) is 19.5 Å². The lowest BCUT2D eigenvalue weighted by Gasteiger charge is -2.23. The molecule has 0 aliphatic carbocycles. The van der Waals surface area contributed by atoms with Crippen molar-refractivity contribution in [3.05, 3.63) is 54.1 Å². The highest BCUT2D eigenvalue weighted by Crippen LogP contribution is 2.07. The molecular formula is C20H27N5O4S. The number of benzene rings is 1. The molecule has 9 nitrogen and oxygen atoms in total. The van der Waals surface area contributed by atoms with Crippen LogP contribution in [0.4, 0.5) is 0 Å². The van der Waals surface area contributed by atoms with Crippen LogP contribution in [0.3, 0.4) is 0 Å². The summed E-state index contributed by atoms with van der Waals surface area (Å²) >= 11 is 1.58. The van der Waals surface area contributed by atoms with Gasteiger partial charge >= 0.3 is 5.97 Å². The monoisotopic (exact) mass is 433 g/mol.